The van der Waals surface area contributed by atoms with Crippen LogP contribution in [0.1, 0.15) is 11.6 Å². The summed E-state index contributed by atoms with van der Waals surface area (Å²) in [5.74, 6) is -1.05. The van der Waals surface area contributed by atoms with Crippen LogP contribution in [0.2, 0.25) is 0 Å². The van der Waals surface area contributed by atoms with Crippen LogP contribution < -0.4 is 0 Å². The van der Waals surface area contributed by atoms with Crippen molar-refractivity contribution in [3.05, 3.63) is 35.9 Å². The minimum Gasteiger partial charge on any atom is -0.479 e. The van der Waals surface area contributed by atoms with Gasteiger partial charge in [0.05, 0.1) is 6.54 Å². The van der Waals surface area contributed by atoms with Crippen LogP contribution in [0.4, 0.5) is 4.79 Å². The Labute approximate surface area is 92.2 Å². The molecule has 1 aliphatic rings. The second kappa shape index (κ2) is 4.22. The molecule has 1 N–H and O–H groups in total. The Balaban J connectivity index is 2.31. The van der Waals surface area contributed by atoms with Crippen molar-refractivity contribution in [2.24, 2.45) is 0 Å². The van der Waals surface area contributed by atoms with E-state index in [1.807, 2.05) is 0 Å². The van der Waals surface area contributed by atoms with Gasteiger partial charge in [0.1, 0.15) is 6.61 Å². The second-order valence-corrected chi connectivity index (χ2v) is 3.46. The lowest BCUT2D eigenvalue weighted by Crippen LogP contribution is -2.34. The van der Waals surface area contributed by atoms with Crippen LogP contribution in [0.25, 0.3) is 0 Å². The fraction of sp³-hybridized carbons (Fsp3) is 0.273. The monoisotopic (exact) mass is 221 g/mol. The number of carboxylic acid groups (broad SMARTS) is 1. The van der Waals surface area contributed by atoms with Crippen molar-refractivity contribution in [1.29, 1.82) is 0 Å². The Morgan fingerprint density at radius 2 is 2.06 bits per heavy atom. The number of ether oxygens (including phenoxy) is 1. The highest BCUT2D eigenvalue weighted by molar-refractivity contribution is 5.82. The van der Waals surface area contributed by atoms with Gasteiger partial charge in [0.15, 0.2) is 6.04 Å². The molecular weight excluding hydrogens is 210 g/mol. The number of benzene rings is 1. The Morgan fingerprint density at radius 3 is 2.56 bits per heavy atom. The van der Waals surface area contributed by atoms with E-state index in [9.17, 15) is 9.59 Å². The highest BCUT2D eigenvalue weighted by Gasteiger charge is 2.35. The van der Waals surface area contributed by atoms with Crippen LogP contribution in [0.5, 0.6) is 0 Å². The molecular formula is C11H11NO4. The predicted molar refractivity (Wildman–Crippen MR) is 54.9 cm³/mol. The molecule has 16 heavy (non-hydrogen) atoms. The largest absolute Gasteiger partial charge is 0.479 e. The Kier molecular flexibility index (Phi) is 2.76. The van der Waals surface area contributed by atoms with Gasteiger partial charge in [-0.25, -0.2) is 9.59 Å². The number of aliphatic carboxylic acids is 1. The van der Waals surface area contributed by atoms with Crippen LogP contribution in [0.15, 0.2) is 30.3 Å². The summed E-state index contributed by atoms with van der Waals surface area (Å²) in [6.45, 7) is 0.556. The van der Waals surface area contributed by atoms with E-state index < -0.39 is 18.1 Å². The molecule has 1 amide bonds. The van der Waals surface area contributed by atoms with Crippen LogP contribution in [0.3, 0.4) is 0 Å². The van der Waals surface area contributed by atoms with Gasteiger partial charge < -0.3 is 9.84 Å². The molecule has 1 saturated heterocycles. The first kappa shape index (κ1) is 10.5. The summed E-state index contributed by atoms with van der Waals surface area (Å²) in [6, 6.07) is 7.69. The van der Waals surface area contributed by atoms with Crippen molar-refractivity contribution < 1.29 is 19.4 Å². The van der Waals surface area contributed by atoms with Gasteiger partial charge in [0.25, 0.3) is 0 Å². The van der Waals surface area contributed by atoms with E-state index in [2.05, 4.69) is 0 Å². The molecule has 5 heteroatoms. The van der Waals surface area contributed by atoms with Crippen LogP contribution >= 0.6 is 0 Å². The first-order valence-corrected chi connectivity index (χ1v) is 4.91. The quantitative estimate of drug-likeness (QED) is 0.834. The summed E-state index contributed by atoms with van der Waals surface area (Å²) in [5, 5.41) is 9.16. The lowest BCUT2D eigenvalue weighted by Gasteiger charge is -2.21. The summed E-state index contributed by atoms with van der Waals surface area (Å²) in [5.41, 5.74) is 0.578. The lowest BCUT2D eigenvalue weighted by atomic mass is 10.1. The van der Waals surface area contributed by atoms with Gasteiger partial charge >= 0.3 is 12.1 Å². The van der Waals surface area contributed by atoms with Gasteiger partial charge in [0.2, 0.25) is 0 Å². The maximum Gasteiger partial charge on any atom is 0.410 e. The summed E-state index contributed by atoms with van der Waals surface area (Å²) in [7, 11) is 0. The summed E-state index contributed by atoms with van der Waals surface area (Å²) < 4.78 is 4.74. The van der Waals surface area contributed by atoms with Crippen molar-refractivity contribution >= 4 is 12.1 Å². The zero-order valence-electron chi connectivity index (χ0n) is 8.50. The van der Waals surface area contributed by atoms with Crippen LogP contribution in [-0.2, 0) is 9.53 Å². The van der Waals surface area contributed by atoms with Gasteiger partial charge in [-0.1, -0.05) is 30.3 Å². The van der Waals surface area contributed by atoms with Gasteiger partial charge in [-0.05, 0) is 5.56 Å². The van der Waals surface area contributed by atoms with Crippen LogP contribution in [0, 0.1) is 0 Å². The molecule has 1 aromatic carbocycles. The average Bonchev–Trinajstić information content (AvgIpc) is 2.66. The highest BCUT2D eigenvalue weighted by Crippen LogP contribution is 2.23. The molecule has 0 spiro atoms. The third kappa shape index (κ3) is 1.84. The highest BCUT2D eigenvalue weighted by atomic mass is 16.6. The van der Waals surface area contributed by atoms with Gasteiger partial charge in [-0.2, -0.15) is 0 Å². The van der Waals surface area contributed by atoms with Crippen molar-refractivity contribution in [2.45, 2.75) is 6.04 Å². The fourth-order valence-electron chi connectivity index (χ4n) is 1.73. The molecule has 0 saturated carbocycles. The van der Waals surface area contributed by atoms with E-state index in [0.29, 0.717) is 12.1 Å². The Bertz CT molecular complexity index is 404. The molecule has 1 aliphatic heterocycles. The fourth-order valence-corrected chi connectivity index (χ4v) is 1.73. The minimum atomic E-state index is -1.05. The average molecular weight is 221 g/mol. The van der Waals surface area contributed by atoms with Crippen molar-refractivity contribution in [3.63, 3.8) is 0 Å². The number of carboxylic acids is 1. The molecule has 5 nitrogen and oxygen atoms in total. The number of cyclic esters (lactones) is 1. The lowest BCUT2D eigenvalue weighted by molar-refractivity contribution is -0.142. The van der Waals surface area contributed by atoms with E-state index in [0.717, 1.165) is 0 Å². The molecule has 84 valence electrons. The zero-order chi connectivity index (χ0) is 11.5. The molecule has 0 radical (unpaired) electrons. The number of amides is 1. The van der Waals surface area contributed by atoms with E-state index in [4.69, 9.17) is 9.84 Å². The first-order chi connectivity index (χ1) is 7.70. The van der Waals surface area contributed by atoms with Crippen molar-refractivity contribution in [1.82, 2.24) is 4.90 Å². The topological polar surface area (TPSA) is 66.8 Å². The van der Waals surface area contributed by atoms with E-state index in [-0.39, 0.29) is 6.61 Å². The Morgan fingerprint density at radius 1 is 1.38 bits per heavy atom. The van der Waals surface area contributed by atoms with Crippen LogP contribution in [-0.4, -0.2) is 35.2 Å². The number of hydrogen-bond acceptors (Lipinski definition) is 3. The maximum atomic E-state index is 11.3. The smallest absolute Gasteiger partial charge is 0.410 e. The number of rotatable bonds is 3. The van der Waals surface area contributed by atoms with Crippen molar-refractivity contribution in [3.8, 4) is 0 Å². The molecule has 0 bridgehead atoms. The van der Waals surface area contributed by atoms with E-state index >= 15 is 0 Å². The van der Waals surface area contributed by atoms with E-state index in [1.54, 1.807) is 30.3 Å². The summed E-state index contributed by atoms with van der Waals surface area (Å²) >= 11 is 0. The Hall–Kier alpha value is -2.04. The number of carbonyl (C=O) groups excluding carboxylic acids is 1. The molecule has 0 aliphatic carbocycles. The van der Waals surface area contributed by atoms with Crippen molar-refractivity contribution in [2.75, 3.05) is 13.2 Å². The third-order valence-corrected chi connectivity index (χ3v) is 2.45. The SMILES string of the molecule is O=C(O)C(c1ccccc1)N1CCOC1=O. The molecule has 0 aromatic heterocycles. The minimum absolute atomic E-state index is 0.245. The molecule has 2 rings (SSSR count). The normalized spacial score (nSPS) is 17.0. The number of hydrogen-bond donors (Lipinski definition) is 1. The molecule has 1 unspecified atom stereocenters. The third-order valence-electron chi connectivity index (χ3n) is 2.45. The zero-order valence-corrected chi connectivity index (χ0v) is 8.50. The predicted octanol–water partition coefficient (Wildman–Crippen LogP) is 1.26. The van der Waals surface area contributed by atoms with Gasteiger partial charge in [-0.15, -0.1) is 0 Å². The van der Waals surface area contributed by atoms with Gasteiger partial charge in [-0.3, -0.25) is 4.90 Å². The number of carbonyl (C=O) groups is 2. The molecule has 1 aromatic rings. The standard InChI is InChI=1S/C11H11NO4/c13-10(14)9(8-4-2-1-3-5-8)12-6-7-16-11(12)15/h1-5,9H,6-7H2,(H,13,14). The second-order valence-electron chi connectivity index (χ2n) is 3.46. The summed E-state index contributed by atoms with van der Waals surface area (Å²) in [4.78, 5) is 23.7. The molecule has 1 heterocycles. The first-order valence-electron chi connectivity index (χ1n) is 4.91. The molecule has 1 atom stereocenters. The number of nitrogens with zero attached hydrogens (tertiary/aromatic N) is 1. The molecule has 1 fully saturated rings. The van der Waals surface area contributed by atoms with Gasteiger partial charge in [0, 0.05) is 0 Å². The van der Waals surface area contributed by atoms with E-state index in [1.165, 1.54) is 4.90 Å². The maximum absolute atomic E-state index is 11.3. The summed E-state index contributed by atoms with van der Waals surface area (Å²) in [6.07, 6.45) is -0.573.